The van der Waals surface area contributed by atoms with Crippen molar-refractivity contribution in [1.82, 2.24) is 10.1 Å². The quantitative estimate of drug-likeness (QED) is 0.389. The van der Waals surface area contributed by atoms with E-state index in [0.717, 1.165) is 0 Å². The lowest BCUT2D eigenvalue weighted by Crippen LogP contribution is -2.51. The van der Waals surface area contributed by atoms with Crippen LogP contribution in [0.1, 0.15) is 13.8 Å². The number of methoxy groups -OCH3 is 1. The van der Waals surface area contributed by atoms with Gasteiger partial charge in [0.25, 0.3) is 5.91 Å². The number of hydrogen-bond donors (Lipinski definition) is 3. The number of ether oxygens (including phenoxy) is 1. The van der Waals surface area contributed by atoms with Crippen molar-refractivity contribution in [2.45, 2.75) is 24.8 Å². The number of carbonyl (C=O) groups excluding carboxylic acids is 1. The molecule has 1 amide bonds. The predicted octanol–water partition coefficient (Wildman–Crippen LogP) is -0.0120. The smallest absolute Gasteiger partial charge is 0.252 e. The molecule has 0 aliphatic heterocycles. The average molecular weight is 301 g/mol. The fourth-order valence-corrected chi connectivity index (χ4v) is 2.92. The van der Waals surface area contributed by atoms with Crippen LogP contribution in [0.4, 0.5) is 0 Å². The fraction of sp³-hybridized carbons (Fsp3) is 0.417. The van der Waals surface area contributed by atoms with Gasteiger partial charge in [-0.1, -0.05) is 13.8 Å². The van der Waals surface area contributed by atoms with E-state index < -0.39 is 22.0 Å². The summed E-state index contributed by atoms with van der Waals surface area (Å²) in [7, 11) is -2.32. The first kappa shape index (κ1) is 16.4. The maximum absolute atomic E-state index is 12.2. The Morgan fingerprint density at radius 3 is 2.20 bits per heavy atom. The van der Waals surface area contributed by atoms with Gasteiger partial charge in [0.15, 0.2) is 0 Å². The number of rotatable bonds is 6. The summed E-state index contributed by atoms with van der Waals surface area (Å²) >= 11 is 0. The third-order valence-electron chi connectivity index (χ3n) is 2.74. The predicted molar refractivity (Wildman–Crippen MR) is 74.3 cm³/mol. The summed E-state index contributed by atoms with van der Waals surface area (Å²) in [6.07, 6.45) is 0. The van der Waals surface area contributed by atoms with E-state index in [1.807, 2.05) is 5.43 Å². The number of nitrogens with one attached hydrogen (secondary N) is 2. The van der Waals surface area contributed by atoms with Crippen molar-refractivity contribution >= 4 is 15.9 Å². The summed E-state index contributed by atoms with van der Waals surface area (Å²) in [5, 5.41) is 0. The minimum absolute atomic E-state index is 0.0498. The maximum atomic E-state index is 12.2. The van der Waals surface area contributed by atoms with Gasteiger partial charge in [-0.25, -0.2) is 14.3 Å². The van der Waals surface area contributed by atoms with Crippen LogP contribution in [0.2, 0.25) is 0 Å². The molecule has 20 heavy (non-hydrogen) atoms. The van der Waals surface area contributed by atoms with Crippen LogP contribution >= 0.6 is 0 Å². The topological polar surface area (TPSA) is 111 Å². The lowest BCUT2D eigenvalue weighted by Gasteiger charge is -2.20. The van der Waals surface area contributed by atoms with Gasteiger partial charge in [0.1, 0.15) is 11.8 Å². The highest BCUT2D eigenvalue weighted by Crippen LogP contribution is 2.16. The molecular weight excluding hydrogens is 282 g/mol. The van der Waals surface area contributed by atoms with Crippen molar-refractivity contribution in [1.29, 1.82) is 0 Å². The van der Waals surface area contributed by atoms with Crippen LogP contribution < -0.4 is 20.7 Å². The molecule has 1 atom stereocenters. The molecule has 0 heterocycles. The number of benzene rings is 1. The van der Waals surface area contributed by atoms with E-state index >= 15 is 0 Å². The van der Waals surface area contributed by atoms with Crippen molar-refractivity contribution < 1.29 is 17.9 Å². The normalized spacial score (nSPS) is 13.1. The largest absolute Gasteiger partial charge is 0.497 e. The van der Waals surface area contributed by atoms with E-state index in [9.17, 15) is 13.2 Å². The molecule has 0 spiro atoms. The highest BCUT2D eigenvalue weighted by Gasteiger charge is 2.27. The van der Waals surface area contributed by atoms with Crippen LogP contribution in [0.5, 0.6) is 5.75 Å². The summed E-state index contributed by atoms with van der Waals surface area (Å²) in [4.78, 5) is 11.6. The highest BCUT2D eigenvalue weighted by atomic mass is 32.2. The van der Waals surface area contributed by atoms with E-state index in [4.69, 9.17) is 10.6 Å². The van der Waals surface area contributed by atoms with Gasteiger partial charge in [-0.05, 0) is 30.2 Å². The van der Waals surface area contributed by atoms with Gasteiger partial charge in [-0.2, -0.15) is 4.72 Å². The monoisotopic (exact) mass is 301 g/mol. The Morgan fingerprint density at radius 2 is 1.80 bits per heavy atom. The number of amides is 1. The molecule has 8 heteroatoms. The van der Waals surface area contributed by atoms with Gasteiger partial charge in [-0.15, -0.1) is 0 Å². The number of hydrazine groups is 1. The Hall–Kier alpha value is -1.64. The Labute approximate surface area is 118 Å². The number of carbonyl (C=O) groups is 1. The standard InChI is InChI=1S/C12H19N3O4S/c1-8(2)11(12(16)14-13)15-20(17,18)10-6-4-9(19-3)5-7-10/h4-8,11,15H,13H2,1-3H3,(H,14,16)/t11-/m0/s1. The fourth-order valence-electron chi connectivity index (χ4n) is 1.57. The second kappa shape index (κ2) is 6.69. The first-order valence-electron chi connectivity index (χ1n) is 5.98. The third kappa shape index (κ3) is 3.92. The first-order valence-corrected chi connectivity index (χ1v) is 7.47. The van der Waals surface area contributed by atoms with Crippen molar-refractivity contribution in [2.24, 2.45) is 11.8 Å². The molecule has 1 aromatic rings. The van der Waals surface area contributed by atoms with Gasteiger partial charge in [-0.3, -0.25) is 10.2 Å². The van der Waals surface area contributed by atoms with Gasteiger partial charge < -0.3 is 4.74 Å². The second-order valence-electron chi connectivity index (χ2n) is 4.53. The molecule has 4 N–H and O–H groups in total. The summed E-state index contributed by atoms with van der Waals surface area (Å²) in [6.45, 7) is 3.44. The zero-order chi connectivity index (χ0) is 15.3. The third-order valence-corrected chi connectivity index (χ3v) is 4.20. The lowest BCUT2D eigenvalue weighted by molar-refractivity contribution is -0.123. The average Bonchev–Trinajstić information content (AvgIpc) is 2.43. The second-order valence-corrected chi connectivity index (χ2v) is 6.24. The number of nitrogens with two attached hydrogens (primary N) is 1. The summed E-state index contributed by atoms with van der Waals surface area (Å²) < 4.78 is 31.7. The zero-order valence-electron chi connectivity index (χ0n) is 11.6. The van der Waals surface area contributed by atoms with Crippen LogP contribution in [0.3, 0.4) is 0 Å². The van der Waals surface area contributed by atoms with E-state index in [-0.39, 0.29) is 10.8 Å². The lowest BCUT2D eigenvalue weighted by atomic mass is 10.1. The van der Waals surface area contributed by atoms with Crippen molar-refractivity contribution in [2.75, 3.05) is 7.11 Å². The summed E-state index contributed by atoms with van der Waals surface area (Å²) in [6, 6.07) is 4.92. The zero-order valence-corrected chi connectivity index (χ0v) is 12.4. The van der Waals surface area contributed by atoms with Crippen LogP contribution in [-0.2, 0) is 14.8 Å². The minimum atomic E-state index is -3.81. The number of sulfonamides is 1. The molecular formula is C12H19N3O4S. The summed E-state index contributed by atoms with van der Waals surface area (Å²) in [5.41, 5.74) is 1.95. The minimum Gasteiger partial charge on any atom is -0.497 e. The van der Waals surface area contributed by atoms with Gasteiger partial charge in [0, 0.05) is 0 Å². The van der Waals surface area contributed by atoms with Crippen LogP contribution in [0.15, 0.2) is 29.2 Å². The van der Waals surface area contributed by atoms with E-state index in [1.54, 1.807) is 13.8 Å². The molecule has 1 aromatic carbocycles. The molecule has 0 fully saturated rings. The summed E-state index contributed by atoms with van der Waals surface area (Å²) in [5.74, 6) is 4.77. The maximum Gasteiger partial charge on any atom is 0.252 e. The molecule has 7 nitrogen and oxygen atoms in total. The van der Waals surface area contributed by atoms with Gasteiger partial charge in [0.05, 0.1) is 12.0 Å². The molecule has 0 aromatic heterocycles. The Balaban J connectivity index is 3.00. The van der Waals surface area contributed by atoms with E-state index in [2.05, 4.69) is 4.72 Å². The molecule has 1 rings (SSSR count). The number of hydrogen-bond acceptors (Lipinski definition) is 5. The Bertz CT molecular complexity index is 555. The van der Waals surface area contributed by atoms with E-state index in [0.29, 0.717) is 5.75 Å². The Kier molecular flexibility index (Phi) is 5.49. The van der Waals surface area contributed by atoms with Crippen LogP contribution in [-0.4, -0.2) is 27.5 Å². The van der Waals surface area contributed by atoms with Crippen molar-refractivity contribution in [3.8, 4) is 5.75 Å². The van der Waals surface area contributed by atoms with Gasteiger partial charge in [0.2, 0.25) is 10.0 Å². The molecule has 0 saturated heterocycles. The van der Waals surface area contributed by atoms with Crippen molar-refractivity contribution in [3.63, 3.8) is 0 Å². The highest BCUT2D eigenvalue weighted by molar-refractivity contribution is 7.89. The molecule has 0 saturated carbocycles. The Morgan fingerprint density at radius 1 is 1.25 bits per heavy atom. The van der Waals surface area contributed by atoms with Crippen LogP contribution in [0, 0.1) is 5.92 Å². The molecule has 0 unspecified atom stereocenters. The van der Waals surface area contributed by atoms with Gasteiger partial charge >= 0.3 is 0 Å². The molecule has 0 aliphatic rings. The molecule has 0 aliphatic carbocycles. The molecule has 0 radical (unpaired) electrons. The van der Waals surface area contributed by atoms with E-state index in [1.165, 1.54) is 31.4 Å². The SMILES string of the molecule is COc1ccc(S(=O)(=O)N[C@H](C(=O)NN)C(C)C)cc1. The van der Waals surface area contributed by atoms with Crippen LogP contribution in [0.25, 0.3) is 0 Å². The van der Waals surface area contributed by atoms with Crippen molar-refractivity contribution in [3.05, 3.63) is 24.3 Å². The molecule has 0 bridgehead atoms. The molecule has 112 valence electrons. The first-order chi connectivity index (χ1) is 9.31.